The first kappa shape index (κ1) is 16.8. The molecule has 2 rings (SSSR count). The van der Waals surface area contributed by atoms with Crippen molar-refractivity contribution in [1.29, 1.82) is 0 Å². The highest BCUT2D eigenvalue weighted by atomic mass is 16.4. The second-order valence-corrected chi connectivity index (χ2v) is 5.83. The van der Waals surface area contributed by atoms with E-state index in [1.807, 2.05) is 50.2 Å². The molecule has 0 saturated carbocycles. The Morgan fingerprint density at radius 1 is 1.22 bits per heavy atom. The van der Waals surface area contributed by atoms with E-state index in [0.717, 1.165) is 11.4 Å². The van der Waals surface area contributed by atoms with E-state index in [0.29, 0.717) is 12.1 Å². The highest BCUT2D eigenvalue weighted by Gasteiger charge is 2.18. The van der Waals surface area contributed by atoms with Gasteiger partial charge in [-0.3, -0.25) is 9.59 Å². The van der Waals surface area contributed by atoms with Crippen LogP contribution in [-0.2, 0) is 11.3 Å². The monoisotopic (exact) mass is 314 g/mol. The van der Waals surface area contributed by atoms with E-state index in [4.69, 9.17) is 5.11 Å². The highest BCUT2D eigenvalue weighted by molar-refractivity contribution is 5.96. The maximum Gasteiger partial charge on any atom is 0.305 e. The number of aliphatic carboxylic acids is 1. The van der Waals surface area contributed by atoms with E-state index in [-0.39, 0.29) is 12.3 Å². The molecule has 2 N–H and O–H groups in total. The van der Waals surface area contributed by atoms with Crippen LogP contribution in [0.5, 0.6) is 0 Å². The first-order valence-corrected chi connectivity index (χ1v) is 7.61. The fourth-order valence-electron chi connectivity index (χ4n) is 2.65. The van der Waals surface area contributed by atoms with E-state index in [1.54, 1.807) is 6.92 Å². The molecule has 0 aliphatic heterocycles. The van der Waals surface area contributed by atoms with Crippen LogP contribution in [0.25, 0.3) is 0 Å². The van der Waals surface area contributed by atoms with Gasteiger partial charge in [0.25, 0.3) is 5.91 Å². The zero-order chi connectivity index (χ0) is 17.0. The fraction of sp³-hybridized carbons (Fsp3) is 0.333. The Morgan fingerprint density at radius 2 is 1.87 bits per heavy atom. The van der Waals surface area contributed by atoms with Gasteiger partial charge in [0, 0.05) is 24.0 Å². The van der Waals surface area contributed by atoms with Gasteiger partial charge in [-0.05, 0) is 32.4 Å². The maximum atomic E-state index is 12.4. The van der Waals surface area contributed by atoms with Gasteiger partial charge >= 0.3 is 5.97 Å². The molecule has 2 aromatic rings. The van der Waals surface area contributed by atoms with E-state index >= 15 is 0 Å². The molecule has 23 heavy (non-hydrogen) atoms. The summed E-state index contributed by atoms with van der Waals surface area (Å²) in [6.45, 7) is 6.27. The van der Waals surface area contributed by atoms with E-state index in [1.165, 1.54) is 5.56 Å². The van der Waals surface area contributed by atoms with Gasteiger partial charge < -0.3 is 15.0 Å². The lowest BCUT2D eigenvalue weighted by atomic mass is 10.2. The lowest BCUT2D eigenvalue weighted by Gasteiger charge is -2.12. The van der Waals surface area contributed by atoms with Crippen LogP contribution in [0.1, 0.15) is 40.7 Å². The lowest BCUT2D eigenvalue weighted by Crippen LogP contribution is -2.34. The molecule has 0 aliphatic rings. The van der Waals surface area contributed by atoms with E-state index in [9.17, 15) is 9.59 Å². The third-order valence-electron chi connectivity index (χ3n) is 3.86. The predicted octanol–water partition coefficient (Wildman–Crippen LogP) is 2.75. The van der Waals surface area contributed by atoms with Crippen LogP contribution in [0, 0.1) is 13.8 Å². The molecule has 1 aromatic heterocycles. The first-order valence-electron chi connectivity index (χ1n) is 7.61. The number of hydrogen-bond acceptors (Lipinski definition) is 2. The topological polar surface area (TPSA) is 71.3 Å². The normalized spacial score (nSPS) is 12.0. The van der Waals surface area contributed by atoms with Crippen molar-refractivity contribution in [1.82, 2.24) is 9.88 Å². The Bertz CT molecular complexity index is 705. The number of aryl methyl sites for hydroxylation is 1. The van der Waals surface area contributed by atoms with Gasteiger partial charge in [0.05, 0.1) is 12.0 Å². The number of carboxylic acid groups (broad SMARTS) is 1. The molecule has 0 fully saturated rings. The first-order chi connectivity index (χ1) is 10.9. The van der Waals surface area contributed by atoms with Crippen molar-refractivity contribution in [3.05, 3.63) is 58.9 Å². The summed E-state index contributed by atoms with van der Waals surface area (Å²) >= 11 is 0. The zero-order valence-electron chi connectivity index (χ0n) is 13.7. The van der Waals surface area contributed by atoms with E-state index < -0.39 is 12.0 Å². The van der Waals surface area contributed by atoms with Gasteiger partial charge in [-0.25, -0.2) is 0 Å². The van der Waals surface area contributed by atoms with Crippen molar-refractivity contribution in [2.75, 3.05) is 0 Å². The van der Waals surface area contributed by atoms with Gasteiger partial charge in [0.1, 0.15) is 0 Å². The van der Waals surface area contributed by atoms with E-state index in [2.05, 4.69) is 9.88 Å². The van der Waals surface area contributed by atoms with Crippen molar-refractivity contribution in [2.24, 2.45) is 0 Å². The number of nitrogens with one attached hydrogen (secondary N) is 1. The molecule has 122 valence electrons. The molecule has 1 unspecified atom stereocenters. The number of carbonyl (C=O) groups is 2. The third-order valence-corrected chi connectivity index (χ3v) is 3.86. The van der Waals surface area contributed by atoms with Crippen LogP contribution in [0.15, 0.2) is 36.4 Å². The molecule has 0 radical (unpaired) electrons. The smallest absolute Gasteiger partial charge is 0.305 e. The number of nitrogens with zero attached hydrogens (tertiary/aromatic N) is 1. The van der Waals surface area contributed by atoms with Gasteiger partial charge in [0.2, 0.25) is 0 Å². The van der Waals surface area contributed by atoms with Gasteiger partial charge in [0.15, 0.2) is 0 Å². The highest BCUT2D eigenvalue weighted by Crippen LogP contribution is 2.17. The van der Waals surface area contributed by atoms with Crippen LogP contribution < -0.4 is 5.32 Å². The van der Waals surface area contributed by atoms with Crippen molar-refractivity contribution in [3.63, 3.8) is 0 Å². The average molecular weight is 314 g/mol. The largest absolute Gasteiger partial charge is 0.481 e. The molecule has 0 spiro atoms. The van der Waals surface area contributed by atoms with Gasteiger partial charge in [-0.2, -0.15) is 0 Å². The van der Waals surface area contributed by atoms with Crippen molar-refractivity contribution in [3.8, 4) is 0 Å². The summed E-state index contributed by atoms with van der Waals surface area (Å²) in [6.07, 6.45) is -0.0888. The summed E-state index contributed by atoms with van der Waals surface area (Å²) in [5.41, 5.74) is 3.64. The summed E-state index contributed by atoms with van der Waals surface area (Å²) in [4.78, 5) is 23.1. The van der Waals surface area contributed by atoms with Crippen LogP contribution in [0.4, 0.5) is 0 Å². The number of carboxylic acids is 1. The van der Waals surface area contributed by atoms with Crippen LogP contribution in [0.2, 0.25) is 0 Å². The number of hydrogen-bond donors (Lipinski definition) is 2. The predicted molar refractivity (Wildman–Crippen MR) is 88.6 cm³/mol. The molecule has 0 bridgehead atoms. The Morgan fingerprint density at radius 3 is 2.48 bits per heavy atom. The number of benzene rings is 1. The summed E-state index contributed by atoms with van der Waals surface area (Å²) in [7, 11) is 0. The molecular weight excluding hydrogens is 292 g/mol. The minimum Gasteiger partial charge on any atom is -0.481 e. The van der Waals surface area contributed by atoms with Crippen molar-refractivity contribution < 1.29 is 14.7 Å². The molecule has 0 aliphatic carbocycles. The molecule has 5 nitrogen and oxygen atoms in total. The molecule has 1 aromatic carbocycles. The van der Waals surface area contributed by atoms with Crippen LogP contribution in [0.3, 0.4) is 0 Å². The Labute approximate surface area is 135 Å². The second-order valence-electron chi connectivity index (χ2n) is 5.83. The summed E-state index contributed by atoms with van der Waals surface area (Å²) in [5.74, 6) is -1.15. The summed E-state index contributed by atoms with van der Waals surface area (Å²) in [6, 6.07) is 11.5. The minimum atomic E-state index is -0.924. The minimum absolute atomic E-state index is 0.0888. The quantitative estimate of drug-likeness (QED) is 0.861. The number of rotatable bonds is 6. The van der Waals surface area contributed by atoms with Crippen LogP contribution >= 0.6 is 0 Å². The standard InChI is InChI=1S/C18H22N2O3/c1-12(9-17(21)22)19-18(23)16-10-13(2)20(14(16)3)11-15-7-5-4-6-8-15/h4-8,10,12H,9,11H2,1-3H3,(H,19,23)(H,21,22). The third kappa shape index (κ3) is 4.22. The fourth-order valence-corrected chi connectivity index (χ4v) is 2.65. The number of amides is 1. The average Bonchev–Trinajstić information content (AvgIpc) is 2.75. The van der Waals surface area contributed by atoms with Crippen molar-refractivity contribution in [2.45, 2.75) is 39.8 Å². The summed E-state index contributed by atoms with van der Waals surface area (Å²) in [5, 5.41) is 11.5. The lowest BCUT2D eigenvalue weighted by molar-refractivity contribution is -0.137. The molecule has 1 atom stereocenters. The van der Waals surface area contributed by atoms with Crippen molar-refractivity contribution >= 4 is 11.9 Å². The Kier molecular flexibility index (Phi) is 5.21. The van der Waals surface area contributed by atoms with Crippen LogP contribution in [-0.4, -0.2) is 27.6 Å². The Hall–Kier alpha value is -2.56. The molecular formula is C18H22N2O3. The second kappa shape index (κ2) is 7.13. The molecule has 5 heteroatoms. The van der Waals surface area contributed by atoms with Gasteiger partial charge in [-0.15, -0.1) is 0 Å². The molecule has 0 saturated heterocycles. The Balaban J connectivity index is 2.16. The molecule has 1 amide bonds. The number of aromatic nitrogens is 1. The maximum absolute atomic E-state index is 12.4. The summed E-state index contributed by atoms with van der Waals surface area (Å²) < 4.78 is 2.09. The number of carbonyl (C=O) groups excluding carboxylic acids is 1. The van der Waals surface area contributed by atoms with Gasteiger partial charge in [-0.1, -0.05) is 30.3 Å². The molecule has 1 heterocycles. The zero-order valence-corrected chi connectivity index (χ0v) is 13.7. The SMILES string of the molecule is Cc1cc(C(=O)NC(C)CC(=O)O)c(C)n1Cc1ccccc1.